The van der Waals surface area contributed by atoms with Gasteiger partial charge in [0.15, 0.2) is 5.75 Å². The molecule has 24 heavy (non-hydrogen) atoms. The molecule has 2 aromatic rings. The lowest BCUT2D eigenvalue weighted by molar-refractivity contribution is -0.385. The number of carbonyl (C=O) groups is 1. The Hall–Kier alpha value is -2.60. The Morgan fingerprint density at radius 2 is 1.88 bits per heavy atom. The first-order chi connectivity index (χ1) is 11.6. The van der Waals surface area contributed by atoms with Crippen molar-refractivity contribution in [3.63, 3.8) is 0 Å². The highest BCUT2D eigenvalue weighted by atomic mass is 35.5. The van der Waals surface area contributed by atoms with Crippen LogP contribution in [0, 0.1) is 10.1 Å². The fourth-order valence-corrected chi connectivity index (χ4v) is 2.27. The van der Waals surface area contributed by atoms with Crippen LogP contribution in [0.25, 0.3) is 0 Å². The van der Waals surface area contributed by atoms with Crippen LogP contribution >= 0.6 is 11.6 Å². The minimum absolute atomic E-state index is 0.0827. The maximum atomic E-state index is 11.8. The van der Waals surface area contributed by atoms with Crippen molar-refractivity contribution in [1.82, 2.24) is 5.32 Å². The van der Waals surface area contributed by atoms with Gasteiger partial charge in [-0.05, 0) is 24.1 Å². The fraction of sp³-hybridized carbons (Fsp3) is 0.235. The van der Waals surface area contributed by atoms with Crippen LogP contribution in [0.4, 0.5) is 5.69 Å². The first-order valence-corrected chi connectivity index (χ1v) is 7.82. The van der Waals surface area contributed by atoms with Gasteiger partial charge in [0.1, 0.15) is 0 Å². The number of nitro groups is 1. The van der Waals surface area contributed by atoms with Crippen molar-refractivity contribution in [2.24, 2.45) is 0 Å². The molecule has 0 radical (unpaired) electrons. The summed E-state index contributed by atoms with van der Waals surface area (Å²) in [5, 5.41) is 14.3. The van der Waals surface area contributed by atoms with Crippen LogP contribution in [0.2, 0.25) is 5.02 Å². The van der Waals surface area contributed by atoms with Crippen molar-refractivity contribution in [3.05, 3.63) is 69.2 Å². The normalized spacial score (nSPS) is 10.2. The molecule has 0 atom stereocenters. The summed E-state index contributed by atoms with van der Waals surface area (Å²) in [5.41, 5.74) is 0.768. The molecule has 0 bridgehead atoms. The quantitative estimate of drug-likeness (QED) is 0.448. The zero-order valence-electron chi connectivity index (χ0n) is 12.9. The van der Waals surface area contributed by atoms with E-state index in [2.05, 4.69) is 5.32 Å². The van der Waals surface area contributed by atoms with Crippen LogP contribution in [-0.4, -0.2) is 17.4 Å². The summed E-state index contributed by atoms with van der Waals surface area (Å²) >= 11 is 6.02. The lowest BCUT2D eigenvalue weighted by Gasteiger charge is -2.08. The zero-order valence-corrected chi connectivity index (χ0v) is 13.7. The van der Waals surface area contributed by atoms with Crippen LogP contribution in [0.1, 0.15) is 18.4 Å². The summed E-state index contributed by atoms with van der Waals surface area (Å²) in [7, 11) is 0. The smallest absolute Gasteiger partial charge is 0.310 e. The van der Waals surface area contributed by atoms with Crippen molar-refractivity contribution in [2.45, 2.75) is 19.4 Å². The molecular formula is C17H17ClN2O4. The maximum absolute atomic E-state index is 11.8. The Morgan fingerprint density at radius 1 is 1.17 bits per heavy atom. The largest absolute Gasteiger partial charge is 0.487 e. The second kappa shape index (κ2) is 8.88. The van der Waals surface area contributed by atoms with Crippen molar-refractivity contribution >= 4 is 23.2 Å². The summed E-state index contributed by atoms with van der Waals surface area (Å²) in [4.78, 5) is 22.2. The molecule has 0 aliphatic heterocycles. The van der Waals surface area contributed by atoms with Crippen molar-refractivity contribution in [1.29, 1.82) is 0 Å². The minimum Gasteiger partial charge on any atom is -0.487 e. The molecule has 7 heteroatoms. The topological polar surface area (TPSA) is 81.5 Å². The molecule has 0 spiro atoms. The number of para-hydroxylation sites is 2. The van der Waals surface area contributed by atoms with E-state index in [4.69, 9.17) is 16.3 Å². The van der Waals surface area contributed by atoms with Gasteiger partial charge in [-0.1, -0.05) is 41.9 Å². The highest BCUT2D eigenvalue weighted by Gasteiger charge is 2.13. The number of ether oxygens (including phenoxy) is 1. The summed E-state index contributed by atoms with van der Waals surface area (Å²) in [6.07, 6.45) is 0.728. The van der Waals surface area contributed by atoms with E-state index in [-0.39, 0.29) is 30.4 Å². The molecule has 126 valence electrons. The van der Waals surface area contributed by atoms with Crippen LogP contribution in [-0.2, 0) is 11.3 Å². The Labute approximate surface area is 144 Å². The van der Waals surface area contributed by atoms with Crippen LogP contribution in [0.5, 0.6) is 5.75 Å². The van der Waals surface area contributed by atoms with E-state index < -0.39 is 4.92 Å². The van der Waals surface area contributed by atoms with Gasteiger partial charge in [-0.2, -0.15) is 0 Å². The number of nitro benzene ring substituents is 1. The number of carbonyl (C=O) groups excluding carboxylic acids is 1. The van der Waals surface area contributed by atoms with Gasteiger partial charge in [0.05, 0.1) is 11.5 Å². The van der Waals surface area contributed by atoms with Crippen molar-refractivity contribution in [3.8, 4) is 5.75 Å². The van der Waals surface area contributed by atoms with Gasteiger partial charge < -0.3 is 10.1 Å². The molecule has 0 aliphatic carbocycles. The first-order valence-electron chi connectivity index (χ1n) is 7.44. The molecule has 0 aromatic heterocycles. The number of rotatable bonds is 8. The summed E-state index contributed by atoms with van der Waals surface area (Å²) in [6, 6.07) is 13.5. The Bertz CT molecular complexity index is 721. The third-order valence-electron chi connectivity index (χ3n) is 3.30. The molecule has 0 heterocycles. The average molecular weight is 349 g/mol. The molecule has 0 aliphatic rings. The molecule has 6 nitrogen and oxygen atoms in total. The van der Waals surface area contributed by atoms with Crippen molar-refractivity contribution in [2.75, 3.05) is 6.61 Å². The molecule has 2 rings (SSSR count). The first kappa shape index (κ1) is 17.7. The van der Waals surface area contributed by atoms with E-state index in [1.165, 1.54) is 12.1 Å². The van der Waals surface area contributed by atoms with Gasteiger partial charge in [-0.3, -0.25) is 14.9 Å². The molecule has 0 saturated carbocycles. The third kappa shape index (κ3) is 5.24. The van der Waals surface area contributed by atoms with E-state index in [0.29, 0.717) is 18.0 Å². The van der Waals surface area contributed by atoms with Gasteiger partial charge in [0.2, 0.25) is 5.91 Å². The second-order valence-electron chi connectivity index (χ2n) is 5.04. The van der Waals surface area contributed by atoms with Crippen LogP contribution in [0.15, 0.2) is 48.5 Å². The minimum atomic E-state index is -0.494. The summed E-state index contributed by atoms with van der Waals surface area (Å²) < 4.78 is 5.39. The molecule has 0 fully saturated rings. The lowest BCUT2D eigenvalue weighted by atomic mass is 10.2. The highest BCUT2D eigenvalue weighted by Crippen LogP contribution is 2.25. The molecule has 1 amide bonds. The SMILES string of the molecule is O=C(CCCOc1ccccc1[N+](=O)[O-])NCc1ccccc1Cl. The molecule has 2 aromatic carbocycles. The van der Waals surface area contributed by atoms with E-state index >= 15 is 0 Å². The van der Waals surface area contributed by atoms with Gasteiger partial charge in [0, 0.05) is 24.1 Å². The van der Waals surface area contributed by atoms with E-state index in [9.17, 15) is 14.9 Å². The fourth-order valence-electron chi connectivity index (χ4n) is 2.07. The average Bonchev–Trinajstić information content (AvgIpc) is 2.58. The Morgan fingerprint density at radius 3 is 2.62 bits per heavy atom. The molecule has 1 N–H and O–H groups in total. The number of benzene rings is 2. The number of amides is 1. The predicted octanol–water partition coefficient (Wildman–Crippen LogP) is 3.72. The van der Waals surface area contributed by atoms with Crippen LogP contribution in [0.3, 0.4) is 0 Å². The second-order valence-corrected chi connectivity index (χ2v) is 5.45. The zero-order chi connectivity index (χ0) is 17.4. The summed E-state index contributed by atoms with van der Waals surface area (Å²) in [5.74, 6) is 0.0834. The van der Waals surface area contributed by atoms with Gasteiger partial charge in [0.25, 0.3) is 0 Å². The number of hydrogen-bond acceptors (Lipinski definition) is 4. The van der Waals surface area contributed by atoms with Gasteiger partial charge >= 0.3 is 5.69 Å². The third-order valence-corrected chi connectivity index (χ3v) is 3.67. The standard InChI is InChI=1S/C17H17ClN2O4/c18-14-7-2-1-6-13(14)12-19-17(21)10-5-11-24-16-9-4-3-8-15(16)20(22)23/h1-4,6-9H,5,10-12H2,(H,19,21). The molecule has 0 unspecified atom stereocenters. The van der Waals surface area contributed by atoms with E-state index in [1.54, 1.807) is 18.2 Å². The lowest BCUT2D eigenvalue weighted by Crippen LogP contribution is -2.23. The summed E-state index contributed by atoms with van der Waals surface area (Å²) in [6.45, 7) is 0.591. The number of nitrogens with zero attached hydrogens (tertiary/aromatic N) is 1. The highest BCUT2D eigenvalue weighted by molar-refractivity contribution is 6.31. The number of nitrogens with one attached hydrogen (secondary N) is 1. The Balaban J connectivity index is 1.72. The molecule has 0 saturated heterocycles. The maximum Gasteiger partial charge on any atom is 0.310 e. The van der Waals surface area contributed by atoms with E-state index in [1.807, 2.05) is 18.2 Å². The predicted molar refractivity (Wildman–Crippen MR) is 91.1 cm³/mol. The number of halogens is 1. The van der Waals surface area contributed by atoms with Gasteiger partial charge in [-0.15, -0.1) is 0 Å². The molecular weight excluding hydrogens is 332 g/mol. The van der Waals surface area contributed by atoms with Crippen LogP contribution < -0.4 is 10.1 Å². The van der Waals surface area contributed by atoms with Gasteiger partial charge in [-0.25, -0.2) is 0 Å². The monoisotopic (exact) mass is 348 g/mol. The number of hydrogen-bond donors (Lipinski definition) is 1. The Kier molecular flexibility index (Phi) is 6.57. The van der Waals surface area contributed by atoms with E-state index in [0.717, 1.165) is 5.56 Å². The van der Waals surface area contributed by atoms with Crippen molar-refractivity contribution < 1.29 is 14.5 Å².